The Morgan fingerprint density at radius 3 is 2.28 bits per heavy atom. The molecule has 1 aromatic carbocycles. The molecule has 3 rings (SSSR count). The summed E-state index contributed by atoms with van der Waals surface area (Å²) >= 11 is 0. The fourth-order valence-corrected chi connectivity index (χ4v) is 2.72. The van der Waals surface area contributed by atoms with Crippen LogP contribution in [0, 0.1) is 0 Å². The van der Waals surface area contributed by atoms with Crippen molar-refractivity contribution in [2.75, 3.05) is 13.2 Å². The molecule has 0 saturated carbocycles. The molecule has 2 heterocycles. The molecule has 2 aromatic rings. The Hall–Kier alpha value is -3.02. The number of amides is 2. The molecule has 1 aliphatic heterocycles. The van der Waals surface area contributed by atoms with Gasteiger partial charge in [-0.2, -0.15) is 0 Å². The number of imide groups is 1. The monoisotopic (exact) mass is 338 g/mol. The number of aryl methyl sites for hydroxylation is 1. The average molecular weight is 338 g/mol. The van der Waals surface area contributed by atoms with Crippen molar-refractivity contribution in [1.29, 1.82) is 0 Å². The Bertz CT molecular complexity index is 754. The lowest BCUT2D eigenvalue weighted by Crippen LogP contribution is -2.31. The number of hydrogen-bond donors (Lipinski definition) is 0. The second kappa shape index (κ2) is 7.70. The number of carbonyl (C=O) groups excluding carboxylic acids is 3. The van der Waals surface area contributed by atoms with Gasteiger partial charge in [-0.3, -0.25) is 24.3 Å². The molecule has 0 unspecified atom stereocenters. The van der Waals surface area contributed by atoms with Crippen molar-refractivity contribution in [3.05, 3.63) is 65.5 Å². The molecule has 6 heteroatoms. The smallest absolute Gasteiger partial charge is 0.306 e. The summed E-state index contributed by atoms with van der Waals surface area (Å²) < 4.78 is 5.17. The first kappa shape index (κ1) is 16.8. The normalized spacial score (nSPS) is 13.0. The highest BCUT2D eigenvalue weighted by atomic mass is 16.5. The predicted molar refractivity (Wildman–Crippen MR) is 89.9 cm³/mol. The van der Waals surface area contributed by atoms with Crippen LogP contribution in [0.4, 0.5) is 0 Å². The van der Waals surface area contributed by atoms with E-state index in [2.05, 4.69) is 4.98 Å². The number of hydrogen-bond acceptors (Lipinski definition) is 5. The van der Waals surface area contributed by atoms with Gasteiger partial charge in [0.1, 0.15) is 0 Å². The van der Waals surface area contributed by atoms with Gasteiger partial charge in [-0.05, 0) is 42.7 Å². The molecule has 0 spiro atoms. The van der Waals surface area contributed by atoms with E-state index in [0.717, 1.165) is 5.56 Å². The predicted octanol–water partition coefficient (Wildman–Crippen LogP) is 2.24. The topological polar surface area (TPSA) is 76.6 Å². The highest BCUT2D eigenvalue weighted by Crippen LogP contribution is 2.22. The molecule has 25 heavy (non-hydrogen) atoms. The summed E-state index contributed by atoms with van der Waals surface area (Å²) in [4.78, 5) is 41.2. The Labute approximate surface area is 145 Å². The Morgan fingerprint density at radius 1 is 1.00 bits per heavy atom. The Morgan fingerprint density at radius 2 is 1.64 bits per heavy atom. The standard InChI is InChI=1S/C19H18N2O4/c22-17(7-6-14-8-10-20-11-9-14)25-13-3-12-21-18(23)15-4-1-2-5-16(15)19(21)24/h1-2,4-5,8-11H,3,6-7,12-13H2. The van der Waals surface area contributed by atoms with Crippen LogP contribution in [0.25, 0.3) is 0 Å². The molecular weight excluding hydrogens is 320 g/mol. The SMILES string of the molecule is O=C(CCc1ccncc1)OCCCN1C(=O)c2ccccc2C1=O. The van der Waals surface area contributed by atoms with Gasteiger partial charge in [0.2, 0.25) is 0 Å². The molecule has 0 aliphatic carbocycles. The van der Waals surface area contributed by atoms with Crippen LogP contribution in [0.15, 0.2) is 48.8 Å². The fraction of sp³-hybridized carbons (Fsp3) is 0.263. The molecule has 0 fully saturated rings. The van der Waals surface area contributed by atoms with Crippen molar-refractivity contribution in [2.45, 2.75) is 19.3 Å². The number of fused-ring (bicyclic) bond motifs is 1. The number of esters is 1. The molecule has 128 valence electrons. The van der Waals surface area contributed by atoms with E-state index >= 15 is 0 Å². The summed E-state index contributed by atoms with van der Waals surface area (Å²) in [5.41, 5.74) is 1.89. The van der Waals surface area contributed by atoms with Crippen LogP contribution in [0.1, 0.15) is 39.1 Å². The molecule has 0 N–H and O–H groups in total. The molecule has 1 aromatic heterocycles. The molecule has 0 atom stereocenters. The lowest BCUT2D eigenvalue weighted by Gasteiger charge is -2.13. The molecular formula is C19H18N2O4. The number of ether oxygens (including phenoxy) is 1. The van der Waals surface area contributed by atoms with Crippen LogP contribution in [0.5, 0.6) is 0 Å². The van der Waals surface area contributed by atoms with E-state index in [1.807, 2.05) is 12.1 Å². The van der Waals surface area contributed by atoms with E-state index in [-0.39, 0.29) is 37.4 Å². The maximum atomic E-state index is 12.2. The van der Waals surface area contributed by atoms with Crippen LogP contribution in [0.3, 0.4) is 0 Å². The van der Waals surface area contributed by atoms with E-state index in [0.29, 0.717) is 24.0 Å². The van der Waals surface area contributed by atoms with Crippen molar-refractivity contribution >= 4 is 17.8 Å². The quantitative estimate of drug-likeness (QED) is 0.440. The van der Waals surface area contributed by atoms with Gasteiger partial charge in [-0.15, -0.1) is 0 Å². The van der Waals surface area contributed by atoms with Crippen LogP contribution in [-0.2, 0) is 16.0 Å². The highest BCUT2D eigenvalue weighted by Gasteiger charge is 2.34. The van der Waals surface area contributed by atoms with Crippen molar-refractivity contribution in [3.63, 3.8) is 0 Å². The van der Waals surface area contributed by atoms with Crippen LogP contribution in [0.2, 0.25) is 0 Å². The van der Waals surface area contributed by atoms with Crippen molar-refractivity contribution in [2.24, 2.45) is 0 Å². The zero-order chi connectivity index (χ0) is 17.6. The first-order valence-corrected chi connectivity index (χ1v) is 8.16. The third-order valence-electron chi connectivity index (χ3n) is 4.03. The minimum absolute atomic E-state index is 0.183. The minimum Gasteiger partial charge on any atom is -0.466 e. The number of carbonyl (C=O) groups is 3. The van der Waals surface area contributed by atoms with Crippen LogP contribution < -0.4 is 0 Å². The third kappa shape index (κ3) is 3.91. The third-order valence-corrected chi connectivity index (χ3v) is 4.03. The van der Waals surface area contributed by atoms with Gasteiger partial charge in [0, 0.05) is 25.4 Å². The van der Waals surface area contributed by atoms with E-state index < -0.39 is 0 Å². The Kier molecular flexibility index (Phi) is 5.18. The number of rotatable bonds is 7. The van der Waals surface area contributed by atoms with Crippen LogP contribution >= 0.6 is 0 Å². The summed E-state index contributed by atoms with van der Waals surface area (Å²) in [6.07, 6.45) is 4.68. The van der Waals surface area contributed by atoms with Crippen LogP contribution in [-0.4, -0.2) is 40.8 Å². The van der Waals surface area contributed by atoms with Gasteiger partial charge in [-0.1, -0.05) is 12.1 Å². The molecule has 1 aliphatic rings. The van der Waals surface area contributed by atoms with Gasteiger partial charge in [0.25, 0.3) is 11.8 Å². The second-order valence-corrected chi connectivity index (χ2v) is 5.74. The molecule has 0 bridgehead atoms. The first-order chi connectivity index (χ1) is 12.2. The Balaban J connectivity index is 1.40. The molecule has 2 amide bonds. The molecule has 6 nitrogen and oxygen atoms in total. The summed E-state index contributed by atoms with van der Waals surface area (Å²) in [6, 6.07) is 10.5. The summed E-state index contributed by atoms with van der Waals surface area (Å²) in [6.45, 7) is 0.423. The summed E-state index contributed by atoms with van der Waals surface area (Å²) in [5, 5.41) is 0. The second-order valence-electron chi connectivity index (χ2n) is 5.74. The number of pyridine rings is 1. The maximum absolute atomic E-state index is 12.2. The molecule has 0 saturated heterocycles. The fourth-order valence-electron chi connectivity index (χ4n) is 2.72. The van der Waals surface area contributed by atoms with E-state index in [1.165, 1.54) is 4.90 Å². The van der Waals surface area contributed by atoms with E-state index in [1.54, 1.807) is 36.7 Å². The maximum Gasteiger partial charge on any atom is 0.306 e. The average Bonchev–Trinajstić information content (AvgIpc) is 2.89. The highest BCUT2D eigenvalue weighted by molar-refractivity contribution is 6.21. The van der Waals surface area contributed by atoms with E-state index in [9.17, 15) is 14.4 Å². The lowest BCUT2D eigenvalue weighted by atomic mass is 10.1. The van der Waals surface area contributed by atoms with Crippen molar-refractivity contribution in [1.82, 2.24) is 9.88 Å². The molecule has 0 radical (unpaired) electrons. The lowest BCUT2D eigenvalue weighted by molar-refractivity contribution is -0.143. The van der Waals surface area contributed by atoms with Crippen molar-refractivity contribution < 1.29 is 19.1 Å². The number of nitrogens with zero attached hydrogens (tertiary/aromatic N) is 2. The zero-order valence-corrected chi connectivity index (χ0v) is 13.7. The van der Waals surface area contributed by atoms with Gasteiger partial charge in [0.15, 0.2) is 0 Å². The first-order valence-electron chi connectivity index (χ1n) is 8.16. The largest absolute Gasteiger partial charge is 0.466 e. The van der Waals surface area contributed by atoms with Gasteiger partial charge >= 0.3 is 5.97 Å². The number of aromatic nitrogens is 1. The van der Waals surface area contributed by atoms with Gasteiger partial charge in [0.05, 0.1) is 17.7 Å². The van der Waals surface area contributed by atoms with Gasteiger partial charge in [-0.25, -0.2) is 0 Å². The zero-order valence-electron chi connectivity index (χ0n) is 13.7. The van der Waals surface area contributed by atoms with Gasteiger partial charge < -0.3 is 4.74 Å². The van der Waals surface area contributed by atoms with Crippen molar-refractivity contribution in [3.8, 4) is 0 Å². The van der Waals surface area contributed by atoms with E-state index in [4.69, 9.17) is 4.74 Å². The summed E-state index contributed by atoms with van der Waals surface area (Å²) in [7, 11) is 0. The number of benzene rings is 1. The summed E-state index contributed by atoms with van der Waals surface area (Å²) in [5.74, 6) is -0.867. The minimum atomic E-state index is -0.292.